The minimum atomic E-state index is -0.973. The number of carbonyl (C=O) groups excluding carboxylic acids is 3. The summed E-state index contributed by atoms with van der Waals surface area (Å²) in [5, 5.41) is 5.34. The minimum Gasteiger partial charge on any atom is -0.449 e. The van der Waals surface area contributed by atoms with E-state index in [9.17, 15) is 14.4 Å². The third kappa shape index (κ3) is 5.94. The van der Waals surface area contributed by atoms with Crippen LogP contribution in [0, 0.1) is 0 Å². The van der Waals surface area contributed by atoms with Crippen LogP contribution in [0.4, 0.5) is 11.4 Å². The van der Waals surface area contributed by atoms with Crippen LogP contribution in [0.15, 0.2) is 48.5 Å². The van der Waals surface area contributed by atoms with E-state index in [0.717, 1.165) is 5.56 Å². The monoisotopic (exact) mass is 382 g/mol. The van der Waals surface area contributed by atoms with Crippen LogP contribution in [0.3, 0.4) is 0 Å². The first-order valence-electron chi connectivity index (χ1n) is 9.06. The van der Waals surface area contributed by atoms with E-state index >= 15 is 0 Å². The fourth-order valence-corrected chi connectivity index (χ4v) is 2.51. The molecule has 6 nitrogen and oxygen atoms in total. The van der Waals surface area contributed by atoms with Crippen molar-refractivity contribution in [1.29, 1.82) is 0 Å². The van der Waals surface area contributed by atoms with Crippen LogP contribution in [-0.2, 0) is 19.7 Å². The molecular formula is C22H26N2O4. The summed E-state index contributed by atoms with van der Waals surface area (Å²) >= 11 is 0. The van der Waals surface area contributed by atoms with E-state index in [1.807, 2.05) is 24.3 Å². The molecule has 0 aliphatic heterocycles. The largest absolute Gasteiger partial charge is 0.449 e. The maximum absolute atomic E-state index is 12.3. The van der Waals surface area contributed by atoms with Crippen LogP contribution in [0.1, 0.15) is 50.5 Å². The summed E-state index contributed by atoms with van der Waals surface area (Å²) in [6, 6.07) is 13.9. The van der Waals surface area contributed by atoms with Gasteiger partial charge in [-0.2, -0.15) is 0 Å². The number of rotatable bonds is 5. The standard InChI is InChI=1S/C22H26N2O4/c1-14(20(26)24-18-11-9-17(10-12-18)22(3,4)5)28-21(27)16-7-6-8-19(13-16)23-15(2)25/h6-14H,1-5H3,(H,23,25)(H,24,26)/t14-/m0/s1. The van der Waals surface area contributed by atoms with Gasteiger partial charge in [0.2, 0.25) is 5.91 Å². The predicted octanol–water partition coefficient (Wildman–Crippen LogP) is 4.13. The highest BCUT2D eigenvalue weighted by atomic mass is 16.5. The van der Waals surface area contributed by atoms with Crippen molar-refractivity contribution in [2.45, 2.75) is 46.1 Å². The van der Waals surface area contributed by atoms with Gasteiger partial charge in [-0.15, -0.1) is 0 Å². The molecule has 0 unspecified atom stereocenters. The highest BCUT2D eigenvalue weighted by molar-refractivity contribution is 5.98. The highest BCUT2D eigenvalue weighted by Crippen LogP contribution is 2.23. The predicted molar refractivity (Wildman–Crippen MR) is 109 cm³/mol. The molecule has 0 aromatic heterocycles. The number of benzene rings is 2. The van der Waals surface area contributed by atoms with Gasteiger partial charge in [-0.1, -0.05) is 39.0 Å². The summed E-state index contributed by atoms with van der Waals surface area (Å²) in [6.07, 6.45) is -0.973. The lowest BCUT2D eigenvalue weighted by molar-refractivity contribution is -0.123. The third-order valence-corrected chi connectivity index (χ3v) is 4.09. The Morgan fingerprint density at radius 1 is 0.929 bits per heavy atom. The molecule has 0 saturated heterocycles. The Kier molecular flexibility index (Phi) is 6.57. The summed E-state index contributed by atoms with van der Waals surface area (Å²) in [7, 11) is 0. The van der Waals surface area contributed by atoms with Crippen LogP contribution >= 0.6 is 0 Å². The quantitative estimate of drug-likeness (QED) is 0.762. The molecule has 2 aromatic rings. The van der Waals surface area contributed by atoms with Crippen LogP contribution in [0.2, 0.25) is 0 Å². The third-order valence-electron chi connectivity index (χ3n) is 4.09. The van der Waals surface area contributed by atoms with Crippen molar-refractivity contribution in [2.75, 3.05) is 10.6 Å². The number of hydrogen-bond acceptors (Lipinski definition) is 4. The zero-order valence-corrected chi connectivity index (χ0v) is 16.8. The van der Waals surface area contributed by atoms with Gasteiger partial charge in [0.05, 0.1) is 5.56 Å². The minimum absolute atomic E-state index is 0.0249. The molecule has 2 aromatic carbocycles. The van der Waals surface area contributed by atoms with Crippen molar-refractivity contribution in [1.82, 2.24) is 0 Å². The Morgan fingerprint density at radius 2 is 1.57 bits per heavy atom. The molecule has 0 spiro atoms. The van der Waals surface area contributed by atoms with Gasteiger partial charge < -0.3 is 15.4 Å². The number of amides is 2. The van der Waals surface area contributed by atoms with E-state index in [0.29, 0.717) is 11.4 Å². The van der Waals surface area contributed by atoms with Crippen LogP contribution in [0.25, 0.3) is 0 Å². The van der Waals surface area contributed by atoms with Gasteiger partial charge in [-0.25, -0.2) is 4.79 Å². The zero-order chi connectivity index (χ0) is 20.9. The Labute approximate surface area is 165 Å². The highest BCUT2D eigenvalue weighted by Gasteiger charge is 2.20. The van der Waals surface area contributed by atoms with Crippen molar-refractivity contribution in [3.05, 3.63) is 59.7 Å². The molecule has 6 heteroatoms. The molecule has 0 aliphatic rings. The number of carbonyl (C=O) groups is 3. The summed E-state index contributed by atoms with van der Waals surface area (Å²) in [4.78, 5) is 35.7. The summed E-state index contributed by atoms with van der Waals surface area (Å²) in [5.74, 6) is -1.30. The maximum Gasteiger partial charge on any atom is 0.338 e. The van der Waals surface area contributed by atoms with Crippen molar-refractivity contribution >= 4 is 29.2 Å². The normalized spacial score (nSPS) is 12.0. The molecule has 0 bridgehead atoms. The van der Waals surface area contributed by atoms with E-state index in [1.165, 1.54) is 19.9 Å². The fourth-order valence-electron chi connectivity index (χ4n) is 2.51. The van der Waals surface area contributed by atoms with Gasteiger partial charge in [-0.05, 0) is 48.2 Å². The smallest absolute Gasteiger partial charge is 0.338 e. The van der Waals surface area contributed by atoms with E-state index in [2.05, 4.69) is 31.4 Å². The van der Waals surface area contributed by atoms with Crippen LogP contribution in [0.5, 0.6) is 0 Å². The lowest BCUT2D eigenvalue weighted by atomic mass is 9.87. The molecule has 1 atom stereocenters. The lowest BCUT2D eigenvalue weighted by Crippen LogP contribution is -2.30. The number of anilines is 2. The maximum atomic E-state index is 12.3. The van der Waals surface area contributed by atoms with Crippen molar-refractivity contribution in [2.24, 2.45) is 0 Å². The Bertz CT molecular complexity index is 867. The molecule has 2 rings (SSSR count). The average Bonchev–Trinajstić information content (AvgIpc) is 2.61. The average molecular weight is 382 g/mol. The SMILES string of the molecule is CC(=O)Nc1cccc(C(=O)O[C@@H](C)C(=O)Nc2ccc(C(C)(C)C)cc2)c1. The topological polar surface area (TPSA) is 84.5 Å². The summed E-state index contributed by atoms with van der Waals surface area (Å²) in [5.41, 5.74) is 2.55. The molecule has 0 aliphatic carbocycles. The number of nitrogens with one attached hydrogen (secondary N) is 2. The second kappa shape index (κ2) is 8.69. The van der Waals surface area contributed by atoms with Gasteiger partial charge in [-0.3, -0.25) is 9.59 Å². The van der Waals surface area contributed by atoms with Crippen molar-refractivity contribution in [3.8, 4) is 0 Å². The lowest BCUT2D eigenvalue weighted by Gasteiger charge is -2.19. The second-order valence-electron chi connectivity index (χ2n) is 7.63. The Balaban J connectivity index is 1.98. The molecule has 0 saturated carbocycles. The molecular weight excluding hydrogens is 356 g/mol. The molecule has 0 fully saturated rings. The van der Waals surface area contributed by atoms with Gasteiger partial charge in [0.25, 0.3) is 5.91 Å². The van der Waals surface area contributed by atoms with E-state index in [1.54, 1.807) is 18.2 Å². The van der Waals surface area contributed by atoms with Gasteiger partial charge in [0.1, 0.15) is 0 Å². The van der Waals surface area contributed by atoms with Crippen molar-refractivity contribution < 1.29 is 19.1 Å². The second-order valence-corrected chi connectivity index (χ2v) is 7.63. The molecule has 2 N–H and O–H groups in total. The number of ether oxygens (including phenoxy) is 1. The molecule has 2 amide bonds. The fraction of sp³-hybridized carbons (Fsp3) is 0.318. The molecule has 148 valence electrons. The molecule has 28 heavy (non-hydrogen) atoms. The molecule has 0 radical (unpaired) electrons. The Morgan fingerprint density at radius 3 is 2.14 bits per heavy atom. The summed E-state index contributed by atoms with van der Waals surface area (Å²) in [6.45, 7) is 9.23. The van der Waals surface area contributed by atoms with Crippen molar-refractivity contribution in [3.63, 3.8) is 0 Å². The number of hydrogen-bond donors (Lipinski definition) is 2. The summed E-state index contributed by atoms with van der Waals surface area (Å²) < 4.78 is 5.24. The van der Waals surface area contributed by atoms with E-state index in [4.69, 9.17) is 4.74 Å². The first-order valence-corrected chi connectivity index (χ1v) is 9.06. The van der Waals surface area contributed by atoms with Gasteiger partial charge >= 0.3 is 5.97 Å². The van der Waals surface area contributed by atoms with Gasteiger partial charge in [0.15, 0.2) is 6.10 Å². The van der Waals surface area contributed by atoms with Crippen LogP contribution < -0.4 is 10.6 Å². The molecule has 0 heterocycles. The first kappa shape index (κ1) is 21.2. The van der Waals surface area contributed by atoms with Gasteiger partial charge in [0, 0.05) is 18.3 Å². The van der Waals surface area contributed by atoms with Crippen LogP contribution in [-0.4, -0.2) is 23.9 Å². The number of esters is 1. The van der Waals surface area contributed by atoms with E-state index in [-0.39, 0.29) is 16.9 Å². The zero-order valence-electron chi connectivity index (χ0n) is 16.8. The first-order chi connectivity index (χ1) is 13.1. The Hall–Kier alpha value is -3.15. The van der Waals surface area contributed by atoms with E-state index < -0.39 is 18.0 Å².